The average Bonchev–Trinajstić information content (AvgIpc) is 1.90. The summed E-state index contributed by atoms with van der Waals surface area (Å²) in [5.41, 5.74) is -0.181. The first-order valence-corrected chi connectivity index (χ1v) is 2.85. The highest BCUT2D eigenvalue weighted by atomic mass is 35.5. The van der Waals surface area contributed by atoms with Gasteiger partial charge in [-0.25, -0.2) is 0 Å². The van der Waals surface area contributed by atoms with Gasteiger partial charge in [-0.2, -0.15) is 4.98 Å². The van der Waals surface area contributed by atoms with Crippen LogP contribution in [0, 0.1) is 0 Å². The molecule has 1 aromatic heterocycles. The first-order valence-electron chi connectivity index (χ1n) is 2.85. The first kappa shape index (κ1) is 9.17. The summed E-state index contributed by atoms with van der Waals surface area (Å²) in [5, 5.41) is 0. The third-order valence-corrected chi connectivity index (χ3v) is 1.11. The monoisotopic (exact) mass is 160 g/mol. The van der Waals surface area contributed by atoms with E-state index < -0.39 is 0 Å². The van der Waals surface area contributed by atoms with Gasteiger partial charge in [0.2, 0.25) is 0 Å². The standard InChI is InChI=1S/C6H8N2O.ClH/c1-2-8-4-3-6(9)7-5-8;/h3-5H,2H2,1H3;1H. The Hall–Kier alpha value is -0.830. The van der Waals surface area contributed by atoms with Gasteiger partial charge in [-0.15, -0.1) is 12.4 Å². The van der Waals surface area contributed by atoms with Gasteiger partial charge in [-0.3, -0.25) is 4.79 Å². The molecule has 0 bridgehead atoms. The van der Waals surface area contributed by atoms with E-state index in [1.54, 1.807) is 6.20 Å². The molecule has 0 aliphatic heterocycles. The molecule has 0 radical (unpaired) electrons. The Morgan fingerprint density at radius 1 is 1.70 bits per heavy atom. The summed E-state index contributed by atoms with van der Waals surface area (Å²) in [5.74, 6) is 0. The SMILES string of the molecule is CCn1ccc(=O)nc1.Cl. The predicted molar refractivity (Wildman–Crippen MR) is 41.4 cm³/mol. The fourth-order valence-electron chi connectivity index (χ4n) is 0.559. The molecule has 56 valence electrons. The highest BCUT2D eigenvalue weighted by Crippen LogP contribution is 1.77. The molecule has 1 heterocycles. The molecule has 1 aromatic rings. The van der Waals surface area contributed by atoms with E-state index in [1.807, 2.05) is 11.5 Å². The molecule has 4 heteroatoms. The van der Waals surface area contributed by atoms with E-state index in [1.165, 1.54) is 12.4 Å². The van der Waals surface area contributed by atoms with E-state index in [2.05, 4.69) is 4.98 Å². The molecule has 3 nitrogen and oxygen atoms in total. The maximum atomic E-state index is 10.4. The number of rotatable bonds is 1. The lowest BCUT2D eigenvalue weighted by molar-refractivity contribution is 0.729. The molecule has 10 heavy (non-hydrogen) atoms. The molecule has 0 fully saturated rings. The van der Waals surface area contributed by atoms with Gasteiger partial charge >= 0.3 is 0 Å². The van der Waals surface area contributed by atoms with Crippen LogP contribution in [0.15, 0.2) is 23.4 Å². The lowest BCUT2D eigenvalue weighted by atomic mass is 10.6. The van der Waals surface area contributed by atoms with Crippen LogP contribution in [-0.2, 0) is 6.54 Å². The van der Waals surface area contributed by atoms with Gasteiger partial charge in [0.05, 0.1) is 6.33 Å². The minimum absolute atomic E-state index is 0. The smallest absolute Gasteiger partial charge is 0.272 e. The van der Waals surface area contributed by atoms with Crippen molar-refractivity contribution < 1.29 is 0 Å². The average molecular weight is 161 g/mol. The first-order chi connectivity index (χ1) is 4.33. The van der Waals surface area contributed by atoms with Crippen LogP contribution in [0.4, 0.5) is 0 Å². The van der Waals surface area contributed by atoms with Crippen LogP contribution in [-0.4, -0.2) is 9.55 Å². The third-order valence-electron chi connectivity index (χ3n) is 1.11. The van der Waals surface area contributed by atoms with Gasteiger partial charge in [0.25, 0.3) is 5.56 Å². The fourth-order valence-corrected chi connectivity index (χ4v) is 0.559. The fraction of sp³-hybridized carbons (Fsp3) is 0.333. The van der Waals surface area contributed by atoms with Crippen LogP contribution in [0.3, 0.4) is 0 Å². The van der Waals surface area contributed by atoms with Crippen molar-refractivity contribution >= 4 is 12.4 Å². The molecule has 1 rings (SSSR count). The van der Waals surface area contributed by atoms with E-state index in [4.69, 9.17) is 0 Å². The predicted octanol–water partition coefficient (Wildman–Crippen LogP) is 0.685. The Labute approximate surface area is 65.1 Å². The van der Waals surface area contributed by atoms with Crippen molar-refractivity contribution in [3.05, 3.63) is 28.9 Å². The zero-order chi connectivity index (χ0) is 6.69. The summed E-state index contributed by atoms with van der Waals surface area (Å²) >= 11 is 0. The maximum absolute atomic E-state index is 10.4. The van der Waals surface area contributed by atoms with E-state index in [0.29, 0.717) is 0 Å². The Bertz CT molecular complexity index is 225. The van der Waals surface area contributed by atoms with E-state index in [0.717, 1.165) is 6.54 Å². The molecular formula is C6H9ClN2O. The topological polar surface area (TPSA) is 34.9 Å². The van der Waals surface area contributed by atoms with Gasteiger partial charge in [0.1, 0.15) is 0 Å². The van der Waals surface area contributed by atoms with Crippen LogP contribution in [0.2, 0.25) is 0 Å². The van der Waals surface area contributed by atoms with Crippen molar-refractivity contribution in [1.29, 1.82) is 0 Å². The Morgan fingerprint density at radius 2 is 2.40 bits per heavy atom. The molecule has 0 saturated carbocycles. The highest BCUT2D eigenvalue weighted by molar-refractivity contribution is 5.85. The molecule has 0 unspecified atom stereocenters. The van der Waals surface area contributed by atoms with E-state index in [-0.39, 0.29) is 18.0 Å². The van der Waals surface area contributed by atoms with Crippen molar-refractivity contribution in [2.45, 2.75) is 13.5 Å². The number of hydrogen-bond acceptors (Lipinski definition) is 2. The van der Waals surface area contributed by atoms with Crippen LogP contribution < -0.4 is 5.56 Å². The normalized spacial score (nSPS) is 8.50. The number of hydrogen-bond donors (Lipinski definition) is 0. The molecular weight excluding hydrogens is 152 g/mol. The Balaban J connectivity index is 0.000000810. The highest BCUT2D eigenvalue weighted by Gasteiger charge is 1.82. The Kier molecular flexibility index (Phi) is 3.72. The minimum atomic E-state index is -0.181. The van der Waals surface area contributed by atoms with Crippen LogP contribution in [0.1, 0.15) is 6.92 Å². The summed E-state index contributed by atoms with van der Waals surface area (Å²) in [6.45, 7) is 2.85. The second-order valence-corrected chi connectivity index (χ2v) is 1.73. The quantitative estimate of drug-likeness (QED) is 0.606. The van der Waals surface area contributed by atoms with Crippen LogP contribution in [0.5, 0.6) is 0 Å². The molecule has 0 saturated heterocycles. The Morgan fingerprint density at radius 3 is 2.80 bits per heavy atom. The summed E-state index contributed by atoms with van der Waals surface area (Å²) in [4.78, 5) is 14.0. The molecule has 0 atom stereocenters. The summed E-state index contributed by atoms with van der Waals surface area (Å²) in [6, 6.07) is 1.45. The van der Waals surface area contributed by atoms with Crippen molar-refractivity contribution in [2.75, 3.05) is 0 Å². The van der Waals surface area contributed by atoms with E-state index >= 15 is 0 Å². The molecule has 0 aliphatic carbocycles. The summed E-state index contributed by atoms with van der Waals surface area (Å²) < 4.78 is 1.83. The third kappa shape index (κ3) is 2.19. The molecule has 0 aromatic carbocycles. The van der Waals surface area contributed by atoms with Crippen LogP contribution in [0.25, 0.3) is 0 Å². The number of aromatic nitrogens is 2. The van der Waals surface area contributed by atoms with Gasteiger partial charge in [-0.1, -0.05) is 0 Å². The lowest BCUT2D eigenvalue weighted by Crippen LogP contribution is -2.07. The molecule has 0 N–H and O–H groups in total. The van der Waals surface area contributed by atoms with Gasteiger partial charge in [-0.05, 0) is 6.92 Å². The molecule has 0 aliphatic rings. The van der Waals surface area contributed by atoms with Gasteiger partial charge < -0.3 is 4.57 Å². The van der Waals surface area contributed by atoms with Crippen molar-refractivity contribution in [1.82, 2.24) is 9.55 Å². The molecule has 0 spiro atoms. The summed E-state index contributed by atoms with van der Waals surface area (Å²) in [6.07, 6.45) is 3.25. The van der Waals surface area contributed by atoms with Crippen molar-refractivity contribution in [2.24, 2.45) is 0 Å². The van der Waals surface area contributed by atoms with E-state index in [9.17, 15) is 4.79 Å². The number of halogens is 1. The van der Waals surface area contributed by atoms with Crippen molar-refractivity contribution in [3.8, 4) is 0 Å². The van der Waals surface area contributed by atoms with Crippen molar-refractivity contribution in [3.63, 3.8) is 0 Å². The summed E-state index contributed by atoms with van der Waals surface area (Å²) in [7, 11) is 0. The second-order valence-electron chi connectivity index (χ2n) is 1.73. The molecule has 0 amide bonds. The number of nitrogens with zero attached hydrogens (tertiary/aromatic N) is 2. The van der Waals surface area contributed by atoms with Crippen LogP contribution >= 0.6 is 12.4 Å². The van der Waals surface area contributed by atoms with Gasteiger partial charge in [0, 0.05) is 18.8 Å². The lowest BCUT2D eigenvalue weighted by Gasteiger charge is -1.95. The zero-order valence-corrected chi connectivity index (χ0v) is 6.47. The maximum Gasteiger partial charge on any atom is 0.272 e. The minimum Gasteiger partial charge on any atom is -0.339 e. The number of aryl methyl sites for hydroxylation is 1. The largest absolute Gasteiger partial charge is 0.339 e. The second kappa shape index (κ2) is 4.06. The zero-order valence-electron chi connectivity index (χ0n) is 5.65. The van der Waals surface area contributed by atoms with Gasteiger partial charge in [0.15, 0.2) is 0 Å².